The zero-order valence-corrected chi connectivity index (χ0v) is 15.7. The number of imidazole rings is 2. The van der Waals surface area contributed by atoms with E-state index in [2.05, 4.69) is 29.8 Å². The molecule has 0 aliphatic carbocycles. The summed E-state index contributed by atoms with van der Waals surface area (Å²) in [5.74, 6) is 0.952. The van der Waals surface area contributed by atoms with Crippen LogP contribution in [0.3, 0.4) is 0 Å². The second-order valence-corrected chi connectivity index (χ2v) is 7.17. The van der Waals surface area contributed by atoms with Crippen LogP contribution in [-0.2, 0) is 6.54 Å². The van der Waals surface area contributed by atoms with Crippen LogP contribution in [0.15, 0.2) is 52.8 Å². The molecule has 29 heavy (non-hydrogen) atoms. The third-order valence-electron chi connectivity index (χ3n) is 5.40. The number of hydrogen-bond acceptors (Lipinski definition) is 6. The summed E-state index contributed by atoms with van der Waals surface area (Å²) in [6, 6.07) is 3.69. The molecule has 0 radical (unpaired) electrons. The maximum absolute atomic E-state index is 12.6. The molecule has 2 N–H and O–H groups in total. The van der Waals surface area contributed by atoms with Gasteiger partial charge < -0.3 is 9.55 Å². The number of nitrogens with one attached hydrogen (secondary N) is 2. The highest BCUT2D eigenvalue weighted by Crippen LogP contribution is 2.26. The van der Waals surface area contributed by atoms with E-state index in [4.69, 9.17) is 0 Å². The van der Waals surface area contributed by atoms with Crippen LogP contribution in [0.2, 0.25) is 0 Å². The molecule has 1 saturated heterocycles. The molecule has 0 bridgehead atoms. The number of piperidine rings is 1. The maximum atomic E-state index is 12.6. The molecule has 4 aromatic rings. The zero-order chi connectivity index (χ0) is 19.8. The van der Waals surface area contributed by atoms with E-state index in [0.29, 0.717) is 11.3 Å². The van der Waals surface area contributed by atoms with Gasteiger partial charge in [-0.25, -0.2) is 19.3 Å². The average molecular weight is 392 g/mol. The molecule has 10 heteroatoms. The molecule has 1 fully saturated rings. The summed E-state index contributed by atoms with van der Waals surface area (Å²) in [5, 5.41) is 0. The predicted molar refractivity (Wildman–Crippen MR) is 106 cm³/mol. The summed E-state index contributed by atoms with van der Waals surface area (Å²) >= 11 is 0. The molecule has 148 valence electrons. The lowest BCUT2D eigenvalue weighted by Crippen LogP contribution is -2.35. The van der Waals surface area contributed by atoms with Gasteiger partial charge in [-0.15, -0.1) is 0 Å². The van der Waals surface area contributed by atoms with Crippen molar-refractivity contribution in [3.63, 3.8) is 0 Å². The molecule has 1 aliphatic heterocycles. The van der Waals surface area contributed by atoms with Crippen LogP contribution in [-0.4, -0.2) is 52.0 Å². The SMILES string of the molecule is O=c1[nH]c(=O)n(-c2cccnc2)c2c1ncn2C1CCN(Cc2ncc[nH]2)CC1. The lowest BCUT2D eigenvalue weighted by Gasteiger charge is -2.32. The van der Waals surface area contributed by atoms with Crippen LogP contribution in [0.4, 0.5) is 0 Å². The number of H-pyrrole nitrogens is 2. The Labute approximate surface area is 164 Å². The number of rotatable bonds is 4. The molecule has 4 aromatic heterocycles. The van der Waals surface area contributed by atoms with Crippen LogP contribution >= 0.6 is 0 Å². The van der Waals surface area contributed by atoms with Gasteiger partial charge in [-0.1, -0.05) is 0 Å². The highest BCUT2D eigenvalue weighted by atomic mass is 16.2. The van der Waals surface area contributed by atoms with E-state index in [-0.39, 0.29) is 11.6 Å². The van der Waals surface area contributed by atoms with Gasteiger partial charge in [-0.2, -0.15) is 0 Å². The van der Waals surface area contributed by atoms with Crippen LogP contribution < -0.4 is 11.2 Å². The van der Waals surface area contributed by atoms with Crippen molar-refractivity contribution in [1.82, 2.24) is 39.0 Å². The molecule has 0 amide bonds. The number of aromatic nitrogens is 7. The fraction of sp³-hybridized carbons (Fsp3) is 0.316. The second kappa shape index (κ2) is 7.13. The summed E-state index contributed by atoms with van der Waals surface area (Å²) in [6.45, 7) is 2.57. The molecule has 0 saturated carbocycles. The molecule has 5 rings (SSSR count). The first-order valence-electron chi connectivity index (χ1n) is 9.53. The number of fused-ring (bicyclic) bond motifs is 1. The summed E-state index contributed by atoms with van der Waals surface area (Å²) in [5.41, 5.74) is 0.394. The number of pyridine rings is 1. The number of aromatic amines is 2. The van der Waals surface area contributed by atoms with Gasteiger partial charge in [0.1, 0.15) is 5.82 Å². The van der Waals surface area contributed by atoms with Gasteiger partial charge in [0.05, 0.1) is 24.8 Å². The first-order chi connectivity index (χ1) is 14.2. The van der Waals surface area contributed by atoms with Crippen LogP contribution in [0, 0.1) is 0 Å². The number of hydrogen-bond donors (Lipinski definition) is 2. The van der Waals surface area contributed by atoms with E-state index in [0.717, 1.165) is 38.3 Å². The Hall–Kier alpha value is -3.53. The monoisotopic (exact) mass is 392 g/mol. The van der Waals surface area contributed by atoms with Crippen LogP contribution in [0.25, 0.3) is 16.9 Å². The Balaban J connectivity index is 1.50. The maximum Gasteiger partial charge on any atom is 0.334 e. The minimum absolute atomic E-state index is 0.150. The molecule has 0 unspecified atom stereocenters. The largest absolute Gasteiger partial charge is 0.348 e. The normalized spacial score (nSPS) is 15.9. The lowest BCUT2D eigenvalue weighted by atomic mass is 10.0. The minimum atomic E-state index is -0.493. The van der Waals surface area contributed by atoms with Gasteiger partial charge in [-0.05, 0) is 25.0 Å². The highest BCUT2D eigenvalue weighted by molar-refractivity contribution is 5.72. The zero-order valence-electron chi connectivity index (χ0n) is 15.7. The fourth-order valence-electron chi connectivity index (χ4n) is 3.99. The molecule has 0 aromatic carbocycles. The van der Waals surface area contributed by atoms with Crippen molar-refractivity contribution < 1.29 is 0 Å². The molecule has 5 heterocycles. The van der Waals surface area contributed by atoms with Crippen LogP contribution in [0.5, 0.6) is 0 Å². The van der Waals surface area contributed by atoms with E-state index in [9.17, 15) is 9.59 Å². The smallest absolute Gasteiger partial charge is 0.334 e. The van der Waals surface area contributed by atoms with Crippen molar-refractivity contribution in [2.24, 2.45) is 0 Å². The first-order valence-corrected chi connectivity index (χ1v) is 9.53. The molecular formula is C19H20N8O2. The van der Waals surface area contributed by atoms with Crippen molar-refractivity contribution in [3.8, 4) is 5.69 Å². The van der Waals surface area contributed by atoms with Crippen molar-refractivity contribution in [2.75, 3.05) is 13.1 Å². The van der Waals surface area contributed by atoms with Gasteiger partial charge in [0.25, 0.3) is 5.56 Å². The summed E-state index contributed by atoms with van der Waals surface area (Å²) < 4.78 is 3.44. The standard InChI is InChI=1S/C19H20N8O2/c28-17-16-18(27(19(29)24-17)14-2-1-5-20-10-14)26(12-23-16)13-3-8-25(9-4-13)11-15-21-6-7-22-15/h1-2,5-7,10,12-13H,3-4,8-9,11H2,(H,21,22)(H,24,28,29). The topological polar surface area (TPSA) is 117 Å². The van der Waals surface area contributed by atoms with Crippen molar-refractivity contribution in [1.29, 1.82) is 0 Å². The Kier molecular flexibility index (Phi) is 4.32. The van der Waals surface area contributed by atoms with Crippen molar-refractivity contribution in [2.45, 2.75) is 25.4 Å². The average Bonchev–Trinajstić information content (AvgIpc) is 3.40. The Morgan fingerprint density at radius 2 is 2.00 bits per heavy atom. The lowest BCUT2D eigenvalue weighted by molar-refractivity contribution is 0.177. The molecule has 0 spiro atoms. The second-order valence-electron chi connectivity index (χ2n) is 7.17. The molecule has 10 nitrogen and oxygen atoms in total. The van der Waals surface area contributed by atoms with Gasteiger partial charge in [-0.3, -0.25) is 19.7 Å². The fourth-order valence-corrected chi connectivity index (χ4v) is 3.99. The van der Waals surface area contributed by atoms with E-state index < -0.39 is 11.2 Å². The molecule has 1 aliphatic rings. The van der Waals surface area contributed by atoms with Crippen molar-refractivity contribution in [3.05, 3.63) is 69.9 Å². The molecule has 0 atom stereocenters. The van der Waals surface area contributed by atoms with E-state index in [1.807, 2.05) is 10.8 Å². The van der Waals surface area contributed by atoms with Gasteiger partial charge in [0.2, 0.25) is 0 Å². The first kappa shape index (κ1) is 17.6. The predicted octanol–water partition coefficient (Wildman–Crippen LogP) is 0.831. The van der Waals surface area contributed by atoms with E-state index in [1.54, 1.807) is 37.1 Å². The quantitative estimate of drug-likeness (QED) is 0.531. The summed E-state index contributed by atoms with van der Waals surface area (Å²) in [4.78, 5) is 45.5. The van der Waals surface area contributed by atoms with Gasteiger partial charge in [0.15, 0.2) is 11.2 Å². The van der Waals surface area contributed by atoms with E-state index >= 15 is 0 Å². The third-order valence-corrected chi connectivity index (χ3v) is 5.40. The molecular weight excluding hydrogens is 372 g/mol. The minimum Gasteiger partial charge on any atom is -0.348 e. The number of likely N-dealkylation sites (tertiary alicyclic amines) is 1. The van der Waals surface area contributed by atoms with Crippen LogP contribution in [0.1, 0.15) is 24.7 Å². The van der Waals surface area contributed by atoms with E-state index in [1.165, 1.54) is 4.57 Å². The number of nitrogens with zero attached hydrogens (tertiary/aromatic N) is 6. The third kappa shape index (κ3) is 3.17. The van der Waals surface area contributed by atoms with Gasteiger partial charge in [0, 0.05) is 37.7 Å². The Bertz CT molecular complexity index is 1230. The summed E-state index contributed by atoms with van der Waals surface area (Å²) in [7, 11) is 0. The Morgan fingerprint density at radius 3 is 2.72 bits per heavy atom. The summed E-state index contributed by atoms with van der Waals surface area (Å²) in [6.07, 6.45) is 10.3. The Morgan fingerprint density at radius 1 is 1.14 bits per heavy atom. The highest BCUT2D eigenvalue weighted by Gasteiger charge is 2.25. The van der Waals surface area contributed by atoms with Gasteiger partial charge >= 0.3 is 5.69 Å². The van der Waals surface area contributed by atoms with Crippen molar-refractivity contribution >= 4 is 11.2 Å².